The molecule has 104 valence electrons. The van der Waals surface area contributed by atoms with E-state index in [4.69, 9.17) is 5.73 Å². The summed E-state index contributed by atoms with van der Waals surface area (Å²) < 4.78 is 14.3. The highest BCUT2D eigenvalue weighted by atomic mass is 79.9. The molecule has 0 saturated heterocycles. The standard InChI is InChI=1S/C15H14BrFN2O/c16-12-5-6-14(13(17)8-12)19-15(20)7-10-3-1-2-4-11(10)9-18/h1-6,8H,7,9,18H2,(H,19,20). The van der Waals surface area contributed by atoms with Gasteiger partial charge in [0, 0.05) is 11.0 Å². The van der Waals surface area contributed by atoms with Gasteiger partial charge in [-0.25, -0.2) is 4.39 Å². The number of hydrogen-bond donors (Lipinski definition) is 2. The van der Waals surface area contributed by atoms with Gasteiger partial charge in [-0.3, -0.25) is 4.79 Å². The van der Waals surface area contributed by atoms with Crippen LogP contribution in [0.3, 0.4) is 0 Å². The Kier molecular flexibility index (Phi) is 4.87. The van der Waals surface area contributed by atoms with Crippen LogP contribution in [0.4, 0.5) is 10.1 Å². The number of rotatable bonds is 4. The summed E-state index contributed by atoms with van der Waals surface area (Å²) in [4.78, 5) is 12.0. The average Bonchev–Trinajstić information content (AvgIpc) is 2.42. The van der Waals surface area contributed by atoms with Crippen molar-refractivity contribution >= 4 is 27.5 Å². The lowest BCUT2D eigenvalue weighted by molar-refractivity contribution is -0.115. The summed E-state index contributed by atoms with van der Waals surface area (Å²) in [7, 11) is 0. The zero-order valence-corrected chi connectivity index (χ0v) is 12.3. The fourth-order valence-corrected chi connectivity index (χ4v) is 2.22. The van der Waals surface area contributed by atoms with Gasteiger partial charge in [0.15, 0.2) is 0 Å². The van der Waals surface area contributed by atoms with Crippen molar-refractivity contribution in [1.29, 1.82) is 0 Å². The summed E-state index contributed by atoms with van der Waals surface area (Å²) in [6.45, 7) is 0.371. The minimum absolute atomic E-state index is 0.170. The maximum Gasteiger partial charge on any atom is 0.228 e. The minimum Gasteiger partial charge on any atom is -0.326 e. The molecule has 0 unspecified atom stereocenters. The highest BCUT2D eigenvalue weighted by Crippen LogP contribution is 2.19. The second-order valence-electron chi connectivity index (χ2n) is 4.32. The van der Waals surface area contributed by atoms with Crippen molar-refractivity contribution < 1.29 is 9.18 Å². The molecular formula is C15H14BrFN2O. The highest BCUT2D eigenvalue weighted by molar-refractivity contribution is 9.10. The fourth-order valence-electron chi connectivity index (χ4n) is 1.89. The molecule has 0 aliphatic carbocycles. The van der Waals surface area contributed by atoms with Crippen molar-refractivity contribution in [2.75, 3.05) is 5.32 Å². The van der Waals surface area contributed by atoms with Gasteiger partial charge in [-0.1, -0.05) is 40.2 Å². The van der Waals surface area contributed by atoms with Crippen LogP contribution in [0, 0.1) is 5.82 Å². The number of amides is 1. The van der Waals surface area contributed by atoms with Crippen LogP contribution < -0.4 is 11.1 Å². The topological polar surface area (TPSA) is 55.1 Å². The first-order valence-corrected chi connectivity index (χ1v) is 6.91. The first kappa shape index (κ1) is 14.7. The largest absolute Gasteiger partial charge is 0.326 e. The number of nitrogens with two attached hydrogens (primary N) is 1. The second-order valence-corrected chi connectivity index (χ2v) is 5.24. The molecule has 3 nitrogen and oxygen atoms in total. The first-order valence-electron chi connectivity index (χ1n) is 6.12. The van der Waals surface area contributed by atoms with Gasteiger partial charge in [-0.2, -0.15) is 0 Å². The Bertz CT molecular complexity index is 631. The van der Waals surface area contributed by atoms with Gasteiger partial charge in [-0.05, 0) is 29.3 Å². The van der Waals surface area contributed by atoms with Crippen molar-refractivity contribution in [2.45, 2.75) is 13.0 Å². The molecule has 20 heavy (non-hydrogen) atoms. The van der Waals surface area contributed by atoms with Crippen LogP contribution in [0.1, 0.15) is 11.1 Å². The minimum atomic E-state index is -0.472. The Balaban J connectivity index is 2.09. The van der Waals surface area contributed by atoms with Gasteiger partial charge in [0.1, 0.15) is 5.82 Å². The van der Waals surface area contributed by atoms with Crippen molar-refractivity contribution in [1.82, 2.24) is 0 Å². The number of carbonyl (C=O) groups is 1. The van der Waals surface area contributed by atoms with E-state index in [9.17, 15) is 9.18 Å². The second kappa shape index (κ2) is 6.63. The number of benzene rings is 2. The van der Waals surface area contributed by atoms with Gasteiger partial charge in [0.05, 0.1) is 12.1 Å². The number of anilines is 1. The molecule has 2 aromatic rings. The Morgan fingerprint density at radius 2 is 1.90 bits per heavy atom. The van der Waals surface area contributed by atoms with Crippen molar-refractivity contribution in [3.8, 4) is 0 Å². The van der Waals surface area contributed by atoms with E-state index >= 15 is 0 Å². The molecule has 0 aliphatic rings. The van der Waals surface area contributed by atoms with E-state index < -0.39 is 5.82 Å². The smallest absolute Gasteiger partial charge is 0.228 e. The van der Waals surface area contributed by atoms with E-state index in [1.165, 1.54) is 12.1 Å². The van der Waals surface area contributed by atoms with Crippen LogP contribution in [0.25, 0.3) is 0 Å². The van der Waals surface area contributed by atoms with Crippen LogP contribution in [-0.4, -0.2) is 5.91 Å². The molecule has 0 fully saturated rings. The van der Waals surface area contributed by atoms with E-state index in [2.05, 4.69) is 21.2 Å². The van der Waals surface area contributed by atoms with E-state index in [1.807, 2.05) is 24.3 Å². The van der Waals surface area contributed by atoms with E-state index in [1.54, 1.807) is 6.07 Å². The van der Waals surface area contributed by atoms with Crippen LogP contribution >= 0.6 is 15.9 Å². The first-order chi connectivity index (χ1) is 9.60. The molecule has 0 heterocycles. The third-order valence-corrected chi connectivity index (χ3v) is 3.39. The summed E-state index contributed by atoms with van der Waals surface area (Å²) >= 11 is 3.17. The zero-order chi connectivity index (χ0) is 14.5. The lowest BCUT2D eigenvalue weighted by atomic mass is 10.0. The van der Waals surface area contributed by atoms with Crippen LogP contribution in [0.5, 0.6) is 0 Å². The summed E-state index contributed by atoms with van der Waals surface area (Å²) in [5, 5.41) is 2.56. The molecule has 0 aromatic heterocycles. The average molecular weight is 337 g/mol. The Morgan fingerprint density at radius 3 is 2.55 bits per heavy atom. The normalized spacial score (nSPS) is 10.3. The van der Waals surface area contributed by atoms with Crippen molar-refractivity contribution in [2.24, 2.45) is 5.73 Å². The lowest BCUT2D eigenvalue weighted by Gasteiger charge is -2.09. The number of hydrogen-bond acceptors (Lipinski definition) is 2. The quantitative estimate of drug-likeness (QED) is 0.900. The van der Waals surface area contributed by atoms with Gasteiger partial charge in [0.25, 0.3) is 0 Å². The lowest BCUT2D eigenvalue weighted by Crippen LogP contribution is -2.16. The summed E-state index contributed by atoms with van der Waals surface area (Å²) in [6, 6.07) is 11.9. The molecule has 2 rings (SSSR count). The van der Waals surface area contributed by atoms with E-state index in [0.29, 0.717) is 11.0 Å². The van der Waals surface area contributed by atoms with Crippen LogP contribution in [0.15, 0.2) is 46.9 Å². The molecule has 0 bridgehead atoms. The Labute approximate surface area is 125 Å². The highest BCUT2D eigenvalue weighted by Gasteiger charge is 2.10. The van der Waals surface area contributed by atoms with E-state index in [0.717, 1.165) is 11.1 Å². The van der Waals surface area contributed by atoms with Crippen molar-refractivity contribution in [3.05, 3.63) is 63.9 Å². The molecular weight excluding hydrogens is 323 g/mol. The predicted molar refractivity (Wildman–Crippen MR) is 80.8 cm³/mol. The number of halogens is 2. The van der Waals surface area contributed by atoms with Gasteiger partial charge >= 0.3 is 0 Å². The van der Waals surface area contributed by atoms with Gasteiger partial charge in [-0.15, -0.1) is 0 Å². The molecule has 2 aromatic carbocycles. The molecule has 0 aliphatic heterocycles. The molecule has 0 spiro atoms. The van der Waals surface area contributed by atoms with Crippen molar-refractivity contribution in [3.63, 3.8) is 0 Å². The molecule has 3 N–H and O–H groups in total. The van der Waals surface area contributed by atoms with Crippen LogP contribution in [-0.2, 0) is 17.8 Å². The van der Waals surface area contributed by atoms with Gasteiger partial charge < -0.3 is 11.1 Å². The molecule has 0 radical (unpaired) electrons. The maximum absolute atomic E-state index is 13.6. The SMILES string of the molecule is NCc1ccccc1CC(=O)Nc1ccc(Br)cc1F. The van der Waals surface area contributed by atoms with Gasteiger partial charge in [0.2, 0.25) is 5.91 Å². The third-order valence-electron chi connectivity index (χ3n) is 2.89. The summed E-state index contributed by atoms with van der Waals surface area (Å²) in [6.07, 6.45) is 0.170. The third kappa shape index (κ3) is 3.65. The maximum atomic E-state index is 13.6. The fraction of sp³-hybridized carbons (Fsp3) is 0.133. The molecule has 0 atom stereocenters. The van der Waals surface area contributed by atoms with Crippen LogP contribution in [0.2, 0.25) is 0 Å². The monoisotopic (exact) mass is 336 g/mol. The Hall–Kier alpha value is -1.72. The molecule has 1 amide bonds. The zero-order valence-electron chi connectivity index (χ0n) is 10.7. The Morgan fingerprint density at radius 1 is 1.20 bits per heavy atom. The predicted octanol–water partition coefficient (Wildman–Crippen LogP) is 3.23. The molecule has 5 heteroatoms. The molecule has 0 saturated carbocycles. The number of nitrogens with one attached hydrogen (secondary N) is 1. The summed E-state index contributed by atoms with van der Waals surface area (Å²) in [5.41, 5.74) is 7.56. The van der Waals surface area contributed by atoms with E-state index in [-0.39, 0.29) is 18.0 Å². The number of carbonyl (C=O) groups excluding carboxylic acids is 1. The summed E-state index contributed by atoms with van der Waals surface area (Å²) in [5.74, 6) is -0.744.